The normalized spacial score (nSPS) is 30.5. The summed E-state index contributed by atoms with van der Waals surface area (Å²) in [6, 6.07) is 9.58. The maximum Gasteiger partial charge on any atom is 0.188 e. The third-order valence-electron chi connectivity index (χ3n) is 2.20. The second-order valence-electron chi connectivity index (χ2n) is 3.86. The summed E-state index contributed by atoms with van der Waals surface area (Å²) in [5.41, 5.74) is 0.936. The fraction of sp³-hybridized carbons (Fsp3) is 0.455. The van der Waals surface area contributed by atoms with Crippen LogP contribution < -0.4 is 0 Å². The summed E-state index contributed by atoms with van der Waals surface area (Å²) in [6.07, 6.45) is -1.27. The quantitative estimate of drug-likeness (QED) is 0.741. The van der Waals surface area contributed by atoms with E-state index < -0.39 is 12.1 Å². The summed E-state index contributed by atoms with van der Waals surface area (Å²) < 4.78 is 10.8. The van der Waals surface area contributed by atoms with Crippen molar-refractivity contribution in [3.05, 3.63) is 35.9 Å². The van der Waals surface area contributed by atoms with Crippen LogP contribution in [-0.2, 0) is 9.47 Å². The average Bonchev–Trinajstić information content (AvgIpc) is 2.41. The molecule has 0 aliphatic carbocycles. The van der Waals surface area contributed by atoms with E-state index in [9.17, 15) is 5.11 Å². The van der Waals surface area contributed by atoms with Crippen molar-refractivity contribution in [1.29, 1.82) is 0 Å². The molecule has 0 saturated carbocycles. The van der Waals surface area contributed by atoms with Crippen molar-refractivity contribution >= 4 is 0 Å². The number of benzene rings is 1. The molecule has 2 rings (SSSR count). The molecule has 0 radical (unpaired) electrons. The highest BCUT2D eigenvalue weighted by atomic mass is 16.8. The fourth-order valence-electron chi connectivity index (χ4n) is 1.62. The Labute approximate surface area is 83.3 Å². The zero-order valence-electron chi connectivity index (χ0n) is 8.31. The van der Waals surface area contributed by atoms with Gasteiger partial charge in [-0.15, -0.1) is 0 Å². The van der Waals surface area contributed by atoms with Gasteiger partial charge in [0.2, 0.25) is 0 Å². The van der Waals surface area contributed by atoms with Crippen molar-refractivity contribution in [2.24, 2.45) is 0 Å². The van der Waals surface area contributed by atoms with E-state index in [0.29, 0.717) is 0 Å². The van der Waals surface area contributed by atoms with Crippen molar-refractivity contribution in [1.82, 2.24) is 0 Å². The van der Waals surface area contributed by atoms with Gasteiger partial charge in [-0.3, -0.25) is 0 Å². The summed E-state index contributed by atoms with van der Waals surface area (Å²) in [7, 11) is 0. The SMILES string of the molecule is CC1(C)OC(O)[C@H](c2ccccc2)O1. The molecular weight excluding hydrogens is 180 g/mol. The number of aliphatic hydroxyl groups excluding tert-OH is 1. The minimum Gasteiger partial charge on any atom is -0.365 e. The topological polar surface area (TPSA) is 38.7 Å². The van der Waals surface area contributed by atoms with Gasteiger partial charge in [-0.25, -0.2) is 0 Å². The Morgan fingerprint density at radius 1 is 1.14 bits per heavy atom. The Kier molecular flexibility index (Phi) is 2.31. The molecule has 0 spiro atoms. The van der Waals surface area contributed by atoms with Gasteiger partial charge in [-0.1, -0.05) is 30.3 Å². The summed E-state index contributed by atoms with van der Waals surface area (Å²) in [5.74, 6) is -0.708. The molecule has 1 aliphatic heterocycles. The molecule has 1 unspecified atom stereocenters. The molecule has 1 N–H and O–H groups in total. The van der Waals surface area contributed by atoms with E-state index in [-0.39, 0.29) is 6.10 Å². The second-order valence-corrected chi connectivity index (χ2v) is 3.86. The zero-order chi connectivity index (χ0) is 10.2. The molecule has 3 heteroatoms. The lowest BCUT2D eigenvalue weighted by Crippen LogP contribution is -2.21. The molecule has 1 saturated heterocycles. The number of rotatable bonds is 1. The van der Waals surface area contributed by atoms with Gasteiger partial charge in [0.1, 0.15) is 6.10 Å². The summed E-state index contributed by atoms with van der Waals surface area (Å²) >= 11 is 0. The van der Waals surface area contributed by atoms with E-state index in [0.717, 1.165) is 5.56 Å². The Balaban J connectivity index is 2.21. The lowest BCUT2D eigenvalue weighted by atomic mass is 10.1. The first-order valence-corrected chi connectivity index (χ1v) is 4.67. The van der Waals surface area contributed by atoms with E-state index >= 15 is 0 Å². The van der Waals surface area contributed by atoms with Gasteiger partial charge < -0.3 is 14.6 Å². The molecule has 1 aromatic carbocycles. The molecule has 1 aromatic rings. The molecule has 2 atom stereocenters. The van der Waals surface area contributed by atoms with Crippen LogP contribution in [0.2, 0.25) is 0 Å². The lowest BCUT2D eigenvalue weighted by Gasteiger charge is -2.16. The van der Waals surface area contributed by atoms with E-state index in [2.05, 4.69) is 0 Å². The smallest absolute Gasteiger partial charge is 0.188 e. The Bertz CT molecular complexity index is 308. The maximum absolute atomic E-state index is 9.63. The first-order valence-electron chi connectivity index (χ1n) is 4.67. The second kappa shape index (κ2) is 3.35. The molecule has 1 aliphatic rings. The predicted octanol–water partition coefficient (Wildman–Crippen LogP) is 1.83. The van der Waals surface area contributed by atoms with Crippen LogP contribution >= 0.6 is 0 Å². The monoisotopic (exact) mass is 194 g/mol. The van der Waals surface area contributed by atoms with Crippen molar-refractivity contribution in [2.45, 2.75) is 32.0 Å². The van der Waals surface area contributed by atoms with E-state index in [1.807, 2.05) is 30.3 Å². The summed E-state index contributed by atoms with van der Waals surface area (Å²) in [4.78, 5) is 0. The van der Waals surface area contributed by atoms with Crippen LogP contribution in [0, 0.1) is 0 Å². The molecule has 1 fully saturated rings. The Morgan fingerprint density at radius 3 is 2.29 bits per heavy atom. The van der Waals surface area contributed by atoms with Gasteiger partial charge in [0.25, 0.3) is 0 Å². The highest BCUT2D eigenvalue weighted by molar-refractivity contribution is 5.18. The maximum atomic E-state index is 9.63. The van der Waals surface area contributed by atoms with E-state index in [4.69, 9.17) is 9.47 Å². The molecule has 0 aromatic heterocycles. The first kappa shape index (κ1) is 9.65. The van der Waals surface area contributed by atoms with Crippen LogP contribution in [0.4, 0.5) is 0 Å². The van der Waals surface area contributed by atoms with Crippen LogP contribution in [0.25, 0.3) is 0 Å². The highest BCUT2D eigenvalue weighted by Gasteiger charge is 2.40. The third kappa shape index (κ3) is 1.80. The molecule has 3 nitrogen and oxygen atoms in total. The third-order valence-corrected chi connectivity index (χ3v) is 2.20. The minimum atomic E-state index is -0.882. The molecule has 1 heterocycles. The van der Waals surface area contributed by atoms with Crippen LogP contribution in [0.1, 0.15) is 25.5 Å². The summed E-state index contributed by atoms with van der Waals surface area (Å²) in [5, 5.41) is 9.63. The van der Waals surface area contributed by atoms with Gasteiger partial charge in [0.15, 0.2) is 12.1 Å². The van der Waals surface area contributed by atoms with Crippen LogP contribution in [0.3, 0.4) is 0 Å². The van der Waals surface area contributed by atoms with E-state index in [1.54, 1.807) is 13.8 Å². The Morgan fingerprint density at radius 2 is 1.79 bits per heavy atom. The van der Waals surface area contributed by atoms with Crippen molar-refractivity contribution in [2.75, 3.05) is 0 Å². The predicted molar refractivity (Wildman–Crippen MR) is 51.4 cm³/mol. The van der Waals surface area contributed by atoms with Crippen LogP contribution in [0.15, 0.2) is 30.3 Å². The van der Waals surface area contributed by atoms with Crippen molar-refractivity contribution < 1.29 is 14.6 Å². The largest absolute Gasteiger partial charge is 0.365 e. The van der Waals surface area contributed by atoms with Crippen LogP contribution in [-0.4, -0.2) is 17.2 Å². The van der Waals surface area contributed by atoms with Gasteiger partial charge >= 0.3 is 0 Å². The minimum absolute atomic E-state index is 0.383. The molecule has 0 bridgehead atoms. The fourth-order valence-corrected chi connectivity index (χ4v) is 1.62. The zero-order valence-corrected chi connectivity index (χ0v) is 8.31. The molecule has 0 amide bonds. The Hall–Kier alpha value is -0.900. The van der Waals surface area contributed by atoms with Crippen LogP contribution in [0.5, 0.6) is 0 Å². The van der Waals surface area contributed by atoms with E-state index in [1.165, 1.54) is 0 Å². The van der Waals surface area contributed by atoms with Gasteiger partial charge in [-0.2, -0.15) is 0 Å². The van der Waals surface area contributed by atoms with Crippen molar-refractivity contribution in [3.8, 4) is 0 Å². The molecule has 76 valence electrons. The highest BCUT2D eigenvalue weighted by Crippen LogP contribution is 2.36. The lowest BCUT2D eigenvalue weighted by molar-refractivity contribution is -0.174. The van der Waals surface area contributed by atoms with Gasteiger partial charge in [0.05, 0.1) is 0 Å². The molecule has 14 heavy (non-hydrogen) atoms. The van der Waals surface area contributed by atoms with Gasteiger partial charge in [0, 0.05) is 0 Å². The van der Waals surface area contributed by atoms with Crippen molar-refractivity contribution in [3.63, 3.8) is 0 Å². The number of hydrogen-bond acceptors (Lipinski definition) is 3. The standard InChI is InChI=1S/C11H14O3/c1-11(2)13-9(10(12)14-11)8-6-4-3-5-7-8/h3-7,9-10,12H,1-2H3/t9-,10?/m0/s1. The number of aliphatic hydroxyl groups is 1. The molecular formula is C11H14O3. The first-order chi connectivity index (χ1) is 6.58. The number of ether oxygens (including phenoxy) is 2. The summed E-state index contributed by atoms with van der Waals surface area (Å²) in [6.45, 7) is 3.58. The van der Waals surface area contributed by atoms with Gasteiger partial charge in [-0.05, 0) is 19.4 Å². The number of hydrogen-bond donors (Lipinski definition) is 1. The average molecular weight is 194 g/mol.